The van der Waals surface area contributed by atoms with Crippen LogP contribution in [-0.2, 0) is 11.0 Å². The van der Waals surface area contributed by atoms with Crippen LogP contribution in [0.4, 0.5) is 10.6 Å². The summed E-state index contributed by atoms with van der Waals surface area (Å²) in [7, 11) is 0. The molecule has 0 unspecified atom stereocenters. The minimum atomic E-state index is -0.229. The Morgan fingerprint density at radius 3 is 2.52 bits per heavy atom. The fourth-order valence-electron chi connectivity index (χ4n) is 2.82. The predicted molar refractivity (Wildman–Crippen MR) is 91.8 cm³/mol. The number of amides is 2. The van der Waals surface area contributed by atoms with Gasteiger partial charge in [-0.15, -0.1) is 0 Å². The maximum absolute atomic E-state index is 12.6. The lowest BCUT2D eigenvalue weighted by atomic mass is 9.92. The Balaban J connectivity index is 2.28. The molecule has 1 fully saturated rings. The van der Waals surface area contributed by atoms with Crippen molar-refractivity contribution in [2.75, 3.05) is 18.5 Å². The Bertz CT molecular complexity index is 566. The van der Waals surface area contributed by atoms with Crippen molar-refractivity contribution in [1.29, 1.82) is 0 Å². The van der Waals surface area contributed by atoms with Crippen LogP contribution >= 0.6 is 0 Å². The summed E-state index contributed by atoms with van der Waals surface area (Å²) in [5.41, 5.74) is 0.632. The first-order valence-corrected chi connectivity index (χ1v) is 8.33. The molecule has 23 heavy (non-hydrogen) atoms. The van der Waals surface area contributed by atoms with Gasteiger partial charge in [0.2, 0.25) is 0 Å². The van der Waals surface area contributed by atoms with E-state index in [2.05, 4.69) is 46.9 Å². The number of aromatic nitrogens is 2. The molecule has 0 aromatic carbocycles. The third-order valence-electron chi connectivity index (χ3n) is 4.20. The number of nitrogens with zero attached hydrogens (tertiary/aromatic N) is 3. The van der Waals surface area contributed by atoms with E-state index < -0.39 is 0 Å². The van der Waals surface area contributed by atoms with Crippen molar-refractivity contribution in [3.63, 3.8) is 0 Å². The monoisotopic (exact) mass is 322 g/mol. The largest absolute Gasteiger partial charge is 0.394 e. The van der Waals surface area contributed by atoms with Gasteiger partial charge in [0.1, 0.15) is 5.82 Å². The van der Waals surface area contributed by atoms with E-state index in [1.165, 1.54) is 0 Å². The van der Waals surface area contributed by atoms with E-state index >= 15 is 0 Å². The number of aliphatic hydroxyl groups excluding tert-OH is 1. The molecule has 1 atom stereocenters. The smallest absolute Gasteiger partial charge is 0.323 e. The maximum atomic E-state index is 12.6. The van der Waals surface area contributed by atoms with Crippen molar-refractivity contribution in [2.45, 2.75) is 71.4 Å². The van der Waals surface area contributed by atoms with Gasteiger partial charge in [0.15, 0.2) is 0 Å². The average Bonchev–Trinajstić information content (AvgIpc) is 3.02. The second-order valence-electron chi connectivity index (χ2n) is 8.35. The number of likely N-dealkylation sites (tertiary alicyclic amines) is 1. The van der Waals surface area contributed by atoms with E-state index in [1.807, 2.05) is 10.7 Å². The third-order valence-corrected chi connectivity index (χ3v) is 4.20. The van der Waals surface area contributed by atoms with Crippen molar-refractivity contribution >= 4 is 11.8 Å². The number of hydrogen-bond acceptors (Lipinski definition) is 3. The fourth-order valence-corrected chi connectivity index (χ4v) is 2.82. The first-order chi connectivity index (χ1) is 10.5. The van der Waals surface area contributed by atoms with Crippen LogP contribution in [0, 0.1) is 0 Å². The minimum Gasteiger partial charge on any atom is -0.394 e. The summed E-state index contributed by atoms with van der Waals surface area (Å²) in [4.78, 5) is 14.3. The molecule has 2 heterocycles. The number of carbonyl (C=O) groups excluding carboxylic acids is 1. The lowest BCUT2D eigenvalue weighted by Gasteiger charge is -2.26. The minimum absolute atomic E-state index is 0.0131. The second kappa shape index (κ2) is 6.15. The molecule has 6 nitrogen and oxygen atoms in total. The molecule has 1 aliphatic rings. The highest BCUT2D eigenvalue weighted by Crippen LogP contribution is 2.29. The Labute approximate surface area is 138 Å². The third kappa shape index (κ3) is 3.86. The van der Waals surface area contributed by atoms with Crippen LogP contribution in [0.1, 0.15) is 60.1 Å². The zero-order valence-electron chi connectivity index (χ0n) is 15.2. The van der Waals surface area contributed by atoms with Gasteiger partial charge in [0, 0.05) is 18.0 Å². The van der Waals surface area contributed by atoms with Crippen molar-refractivity contribution < 1.29 is 9.90 Å². The Hall–Kier alpha value is -1.56. The van der Waals surface area contributed by atoms with Gasteiger partial charge < -0.3 is 10.0 Å². The molecule has 6 heteroatoms. The molecule has 0 spiro atoms. The molecular formula is C17H30N4O2. The van der Waals surface area contributed by atoms with E-state index in [0.29, 0.717) is 12.4 Å². The SMILES string of the molecule is CC(C)(C)c1cc(NC(=O)N2CCC[C@H]2CO)n(C(C)(C)C)n1. The van der Waals surface area contributed by atoms with Crippen LogP contribution in [0.15, 0.2) is 6.07 Å². The maximum Gasteiger partial charge on any atom is 0.323 e. The number of rotatable bonds is 2. The first kappa shape index (κ1) is 17.8. The van der Waals surface area contributed by atoms with Gasteiger partial charge in [-0.05, 0) is 33.6 Å². The highest BCUT2D eigenvalue weighted by atomic mass is 16.3. The van der Waals surface area contributed by atoms with Gasteiger partial charge >= 0.3 is 6.03 Å². The molecule has 1 aromatic heterocycles. The normalized spacial score (nSPS) is 19.3. The fraction of sp³-hybridized carbons (Fsp3) is 0.765. The summed E-state index contributed by atoms with van der Waals surface area (Å²) in [6, 6.07) is 1.71. The molecule has 2 rings (SSSR count). The van der Waals surface area contributed by atoms with Crippen LogP contribution in [-0.4, -0.2) is 45.0 Å². The molecule has 2 N–H and O–H groups in total. The number of anilines is 1. The lowest BCUT2D eigenvalue weighted by molar-refractivity contribution is 0.166. The zero-order chi connectivity index (χ0) is 17.4. The molecule has 0 radical (unpaired) electrons. The van der Waals surface area contributed by atoms with E-state index in [4.69, 9.17) is 5.10 Å². The van der Waals surface area contributed by atoms with Crippen LogP contribution in [0.3, 0.4) is 0 Å². The van der Waals surface area contributed by atoms with Gasteiger partial charge in [-0.2, -0.15) is 5.10 Å². The molecule has 1 saturated heterocycles. The molecule has 1 aromatic rings. The summed E-state index contributed by atoms with van der Waals surface area (Å²) in [5.74, 6) is 0.705. The van der Waals surface area contributed by atoms with Crippen LogP contribution in [0.5, 0.6) is 0 Å². The van der Waals surface area contributed by atoms with Gasteiger partial charge in [0.05, 0.1) is 23.9 Å². The van der Waals surface area contributed by atoms with E-state index in [0.717, 1.165) is 18.5 Å². The van der Waals surface area contributed by atoms with E-state index in [-0.39, 0.29) is 29.6 Å². The second-order valence-corrected chi connectivity index (χ2v) is 8.35. The van der Waals surface area contributed by atoms with Crippen molar-refractivity contribution in [3.05, 3.63) is 11.8 Å². The van der Waals surface area contributed by atoms with Gasteiger partial charge in [0.25, 0.3) is 0 Å². The standard InChI is InChI=1S/C17H30N4O2/c1-16(2,3)13-10-14(21(19-13)17(4,5)6)18-15(23)20-9-7-8-12(20)11-22/h10,12,22H,7-9,11H2,1-6H3,(H,18,23)/t12-/m0/s1. The lowest BCUT2D eigenvalue weighted by Crippen LogP contribution is -2.41. The van der Waals surface area contributed by atoms with Crippen molar-refractivity contribution in [2.24, 2.45) is 0 Å². The summed E-state index contributed by atoms with van der Waals surface area (Å²) in [6.45, 7) is 13.2. The number of carbonyl (C=O) groups is 1. The average molecular weight is 322 g/mol. The summed E-state index contributed by atoms with van der Waals surface area (Å²) >= 11 is 0. The summed E-state index contributed by atoms with van der Waals surface area (Å²) in [6.07, 6.45) is 1.79. The molecule has 2 amide bonds. The van der Waals surface area contributed by atoms with Crippen LogP contribution in [0.2, 0.25) is 0 Å². The molecule has 0 bridgehead atoms. The predicted octanol–water partition coefficient (Wildman–Crippen LogP) is 2.92. The Morgan fingerprint density at radius 1 is 1.35 bits per heavy atom. The van der Waals surface area contributed by atoms with E-state index in [1.54, 1.807) is 4.90 Å². The van der Waals surface area contributed by atoms with Gasteiger partial charge in [-0.25, -0.2) is 9.48 Å². The molecular weight excluding hydrogens is 292 g/mol. The number of urea groups is 1. The molecule has 130 valence electrons. The van der Waals surface area contributed by atoms with Crippen LogP contribution < -0.4 is 5.32 Å². The van der Waals surface area contributed by atoms with Crippen molar-refractivity contribution in [3.8, 4) is 0 Å². The van der Waals surface area contributed by atoms with Gasteiger partial charge in [-0.1, -0.05) is 20.8 Å². The topological polar surface area (TPSA) is 70.4 Å². The Kier molecular flexibility index (Phi) is 4.76. The first-order valence-electron chi connectivity index (χ1n) is 8.33. The van der Waals surface area contributed by atoms with E-state index in [9.17, 15) is 9.90 Å². The molecule has 0 aliphatic carbocycles. The highest BCUT2D eigenvalue weighted by molar-refractivity contribution is 5.89. The van der Waals surface area contributed by atoms with Crippen molar-refractivity contribution in [1.82, 2.24) is 14.7 Å². The quantitative estimate of drug-likeness (QED) is 0.879. The summed E-state index contributed by atoms with van der Waals surface area (Å²) < 4.78 is 1.87. The van der Waals surface area contributed by atoms with Gasteiger partial charge in [-0.3, -0.25) is 5.32 Å². The zero-order valence-corrected chi connectivity index (χ0v) is 15.2. The van der Waals surface area contributed by atoms with Crippen LogP contribution in [0.25, 0.3) is 0 Å². The Morgan fingerprint density at radius 2 is 2.00 bits per heavy atom. The number of hydrogen-bond donors (Lipinski definition) is 2. The highest BCUT2D eigenvalue weighted by Gasteiger charge is 2.30. The molecule has 0 saturated carbocycles. The number of nitrogens with one attached hydrogen (secondary N) is 1. The number of aliphatic hydroxyl groups is 1. The summed E-state index contributed by atoms with van der Waals surface area (Å²) in [5, 5.41) is 17.1. The molecule has 1 aliphatic heterocycles.